The molecule has 10 heavy (non-hydrogen) atoms. The van der Waals surface area contributed by atoms with Crippen molar-refractivity contribution in [2.45, 2.75) is 6.42 Å². The minimum Gasteiger partial charge on any atom is -0.285 e. The molecule has 0 aliphatic carbocycles. The van der Waals surface area contributed by atoms with E-state index >= 15 is 0 Å². The Morgan fingerprint density at radius 2 is 2.70 bits per heavy atom. The van der Waals surface area contributed by atoms with E-state index in [0.717, 1.165) is 12.5 Å². The summed E-state index contributed by atoms with van der Waals surface area (Å²) in [5.41, 5.74) is 0. The number of nitrogens with one attached hydrogen (secondary N) is 1. The summed E-state index contributed by atoms with van der Waals surface area (Å²) in [4.78, 5) is 4.04. The van der Waals surface area contributed by atoms with E-state index in [4.69, 9.17) is 0 Å². The first-order valence-electron chi connectivity index (χ1n) is 3.22. The smallest absolute Gasteiger partial charge is 0.231 e. The zero-order valence-electron chi connectivity index (χ0n) is 5.45. The molecular weight excluding hydrogens is 148 g/mol. The molecule has 1 aromatic heterocycles. The number of H-pyrrole nitrogens is 1. The van der Waals surface area contributed by atoms with Crippen molar-refractivity contribution in [3.8, 4) is 0 Å². The fourth-order valence-corrected chi connectivity index (χ4v) is 1.88. The molecule has 1 aliphatic rings. The predicted molar refractivity (Wildman–Crippen MR) is 40.8 cm³/mol. The summed E-state index contributed by atoms with van der Waals surface area (Å²) in [6.07, 6.45) is 2.78. The van der Waals surface area contributed by atoms with Gasteiger partial charge in [0.1, 0.15) is 6.33 Å². The Kier molecular flexibility index (Phi) is 1.50. The first-order valence-corrected chi connectivity index (χ1v) is 4.17. The molecule has 1 fully saturated rings. The van der Waals surface area contributed by atoms with Crippen LogP contribution in [0.3, 0.4) is 0 Å². The maximum Gasteiger partial charge on any atom is 0.231 e. The van der Waals surface area contributed by atoms with Crippen LogP contribution in [0.1, 0.15) is 6.42 Å². The lowest BCUT2D eigenvalue weighted by Gasteiger charge is -2.09. The van der Waals surface area contributed by atoms with Crippen molar-refractivity contribution < 1.29 is 0 Å². The van der Waals surface area contributed by atoms with E-state index in [1.54, 1.807) is 11.9 Å². The highest BCUT2D eigenvalue weighted by molar-refractivity contribution is 8.00. The molecule has 54 valence electrons. The van der Waals surface area contributed by atoms with Gasteiger partial charge in [0.05, 0.1) is 0 Å². The third-order valence-electron chi connectivity index (χ3n) is 1.39. The topological polar surface area (TPSA) is 44.8 Å². The molecule has 0 radical (unpaired) electrons. The Labute approximate surface area is 63.2 Å². The number of hydrogen-bond acceptors (Lipinski definition) is 4. The van der Waals surface area contributed by atoms with Crippen molar-refractivity contribution in [3.05, 3.63) is 6.33 Å². The molecule has 0 bridgehead atoms. The highest BCUT2D eigenvalue weighted by atomic mass is 32.2. The lowest BCUT2D eigenvalue weighted by molar-refractivity contribution is 0.951. The molecule has 4 nitrogen and oxygen atoms in total. The Morgan fingerprint density at radius 3 is 3.30 bits per heavy atom. The van der Waals surface area contributed by atoms with Crippen molar-refractivity contribution in [3.63, 3.8) is 0 Å². The number of anilines is 1. The Bertz CT molecular complexity index is 191. The van der Waals surface area contributed by atoms with E-state index in [-0.39, 0.29) is 0 Å². The standard InChI is InChI=1S/C5H8N4S/c1-2-9(10-3-1)5-6-4-7-8-5/h4H,1-3H2,(H,6,7,8). The van der Waals surface area contributed by atoms with Gasteiger partial charge in [-0.2, -0.15) is 10.1 Å². The maximum atomic E-state index is 4.04. The predicted octanol–water partition coefficient (Wildman–Crippen LogP) is 0.663. The van der Waals surface area contributed by atoms with Gasteiger partial charge in [0, 0.05) is 12.3 Å². The second-order valence-corrected chi connectivity index (χ2v) is 3.21. The first-order chi connectivity index (χ1) is 4.97. The van der Waals surface area contributed by atoms with E-state index in [9.17, 15) is 0 Å². The Balaban J connectivity index is 2.12. The highest BCUT2D eigenvalue weighted by Crippen LogP contribution is 2.23. The average Bonchev–Trinajstić information content (AvgIpc) is 2.59. The van der Waals surface area contributed by atoms with E-state index in [0.29, 0.717) is 0 Å². The zero-order chi connectivity index (χ0) is 6.81. The Hall–Kier alpha value is -0.710. The molecule has 0 spiro atoms. The van der Waals surface area contributed by atoms with Crippen LogP contribution in [0.15, 0.2) is 6.33 Å². The van der Waals surface area contributed by atoms with Crippen LogP contribution < -0.4 is 4.31 Å². The third-order valence-corrected chi connectivity index (χ3v) is 2.53. The summed E-state index contributed by atoms with van der Waals surface area (Å²) < 4.78 is 2.13. The summed E-state index contributed by atoms with van der Waals surface area (Å²) in [5.74, 6) is 2.07. The number of rotatable bonds is 1. The highest BCUT2D eigenvalue weighted by Gasteiger charge is 2.14. The van der Waals surface area contributed by atoms with E-state index < -0.39 is 0 Å². The van der Waals surface area contributed by atoms with Crippen LogP contribution in [0.2, 0.25) is 0 Å². The molecule has 1 aromatic rings. The van der Waals surface area contributed by atoms with Gasteiger partial charge in [0.2, 0.25) is 5.95 Å². The SMILES string of the molecule is c1n[nH]c(N2CCCS2)n1. The number of nitrogens with zero attached hydrogens (tertiary/aromatic N) is 3. The molecule has 2 rings (SSSR count). The van der Waals surface area contributed by atoms with Crippen molar-refractivity contribution in [1.29, 1.82) is 0 Å². The van der Waals surface area contributed by atoms with Crippen LogP contribution >= 0.6 is 11.9 Å². The molecule has 1 saturated heterocycles. The van der Waals surface area contributed by atoms with E-state index in [2.05, 4.69) is 19.5 Å². The molecule has 1 N–H and O–H groups in total. The summed E-state index contributed by atoms with van der Waals surface area (Å²) in [6, 6.07) is 0. The lowest BCUT2D eigenvalue weighted by atomic mass is 10.5. The number of aromatic nitrogens is 3. The Morgan fingerprint density at radius 1 is 1.70 bits per heavy atom. The van der Waals surface area contributed by atoms with Gasteiger partial charge in [-0.05, 0) is 18.4 Å². The van der Waals surface area contributed by atoms with Gasteiger partial charge in [0.25, 0.3) is 0 Å². The normalized spacial score (nSPS) is 18.2. The van der Waals surface area contributed by atoms with E-state index in [1.807, 2.05) is 0 Å². The molecule has 0 amide bonds. The van der Waals surface area contributed by atoms with Crippen molar-refractivity contribution in [2.24, 2.45) is 0 Å². The van der Waals surface area contributed by atoms with Gasteiger partial charge in [-0.3, -0.25) is 4.31 Å². The monoisotopic (exact) mass is 156 g/mol. The van der Waals surface area contributed by atoms with Crippen molar-refractivity contribution >= 4 is 17.9 Å². The van der Waals surface area contributed by atoms with Crippen LogP contribution in [-0.2, 0) is 0 Å². The van der Waals surface area contributed by atoms with Crippen LogP contribution in [0.25, 0.3) is 0 Å². The minimum absolute atomic E-state index is 0.877. The quantitative estimate of drug-likeness (QED) is 0.607. The maximum absolute atomic E-state index is 4.04. The van der Waals surface area contributed by atoms with Crippen LogP contribution in [0, 0.1) is 0 Å². The summed E-state index contributed by atoms with van der Waals surface area (Å²) in [6.45, 7) is 1.08. The molecule has 0 unspecified atom stereocenters. The third kappa shape index (κ3) is 0.965. The van der Waals surface area contributed by atoms with E-state index in [1.165, 1.54) is 18.5 Å². The van der Waals surface area contributed by atoms with Crippen LogP contribution in [0.5, 0.6) is 0 Å². The first kappa shape index (κ1) is 6.03. The van der Waals surface area contributed by atoms with Gasteiger partial charge in [-0.15, -0.1) is 0 Å². The summed E-state index contributed by atoms with van der Waals surface area (Å²) in [5, 5.41) is 6.60. The minimum atomic E-state index is 0.877. The van der Waals surface area contributed by atoms with Gasteiger partial charge >= 0.3 is 0 Å². The van der Waals surface area contributed by atoms with Gasteiger partial charge in [0.15, 0.2) is 0 Å². The zero-order valence-corrected chi connectivity index (χ0v) is 6.27. The number of aromatic amines is 1. The second kappa shape index (κ2) is 2.49. The van der Waals surface area contributed by atoms with Gasteiger partial charge in [-0.25, -0.2) is 5.10 Å². The molecule has 1 aliphatic heterocycles. The lowest BCUT2D eigenvalue weighted by Crippen LogP contribution is -2.10. The van der Waals surface area contributed by atoms with Crippen LogP contribution in [-0.4, -0.2) is 27.5 Å². The van der Waals surface area contributed by atoms with Crippen molar-refractivity contribution in [2.75, 3.05) is 16.6 Å². The summed E-state index contributed by atoms with van der Waals surface area (Å²) in [7, 11) is 0. The van der Waals surface area contributed by atoms with Crippen LogP contribution in [0.4, 0.5) is 5.95 Å². The molecule has 0 aromatic carbocycles. The van der Waals surface area contributed by atoms with Gasteiger partial charge < -0.3 is 0 Å². The average molecular weight is 156 g/mol. The largest absolute Gasteiger partial charge is 0.285 e. The van der Waals surface area contributed by atoms with Crippen molar-refractivity contribution in [1.82, 2.24) is 15.2 Å². The molecule has 0 saturated carbocycles. The second-order valence-electron chi connectivity index (χ2n) is 2.10. The molecule has 5 heteroatoms. The molecule has 0 atom stereocenters. The van der Waals surface area contributed by atoms with Gasteiger partial charge in [-0.1, -0.05) is 0 Å². The molecule has 2 heterocycles. The fraction of sp³-hybridized carbons (Fsp3) is 0.600. The summed E-state index contributed by atoms with van der Waals surface area (Å²) >= 11 is 1.80. The fourth-order valence-electron chi connectivity index (χ4n) is 0.934. The molecular formula is C5H8N4S. The number of hydrogen-bond donors (Lipinski definition) is 1.